The molecule has 1 aromatic heterocycles. The van der Waals surface area contributed by atoms with E-state index in [1.807, 2.05) is 49.4 Å². The molecule has 0 saturated heterocycles. The van der Waals surface area contributed by atoms with Crippen LogP contribution < -0.4 is 10.1 Å². The van der Waals surface area contributed by atoms with Crippen molar-refractivity contribution in [3.05, 3.63) is 89.4 Å². The summed E-state index contributed by atoms with van der Waals surface area (Å²) in [7, 11) is 0. The minimum absolute atomic E-state index is 0.594. The lowest BCUT2D eigenvalue weighted by Gasteiger charge is -2.08. The Morgan fingerprint density at radius 3 is 2.30 bits per heavy atom. The fourth-order valence-corrected chi connectivity index (χ4v) is 2.35. The first-order valence-electron chi connectivity index (χ1n) is 7.81. The summed E-state index contributed by atoms with van der Waals surface area (Å²) in [6, 6.07) is 22.4. The van der Waals surface area contributed by atoms with E-state index in [0.717, 1.165) is 30.4 Å². The van der Waals surface area contributed by atoms with Crippen LogP contribution in [-0.2, 0) is 19.7 Å². The minimum atomic E-state index is 0.594. The van der Waals surface area contributed by atoms with Crippen LogP contribution in [0, 0.1) is 6.92 Å². The standard InChI is InChI=1S/C20H21NO2/c1-16-7-10-20(23-16)14-21-13-17-8-11-19(12-9-17)22-15-18-5-3-2-4-6-18/h2-12,21H,13-15H2,1H3. The maximum Gasteiger partial charge on any atom is 0.119 e. The zero-order valence-corrected chi connectivity index (χ0v) is 13.3. The van der Waals surface area contributed by atoms with Gasteiger partial charge in [0.1, 0.15) is 23.9 Å². The number of hydrogen-bond donors (Lipinski definition) is 1. The van der Waals surface area contributed by atoms with Crippen molar-refractivity contribution in [1.29, 1.82) is 0 Å². The molecule has 0 spiro atoms. The first kappa shape index (κ1) is 15.4. The van der Waals surface area contributed by atoms with E-state index in [9.17, 15) is 0 Å². The van der Waals surface area contributed by atoms with Crippen molar-refractivity contribution in [2.75, 3.05) is 0 Å². The quantitative estimate of drug-likeness (QED) is 0.700. The second-order valence-corrected chi connectivity index (χ2v) is 5.53. The number of rotatable bonds is 7. The Balaban J connectivity index is 1.45. The second-order valence-electron chi connectivity index (χ2n) is 5.53. The molecule has 0 atom stereocenters. The van der Waals surface area contributed by atoms with E-state index in [-0.39, 0.29) is 0 Å². The van der Waals surface area contributed by atoms with Gasteiger partial charge < -0.3 is 14.5 Å². The van der Waals surface area contributed by atoms with Crippen LogP contribution >= 0.6 is 0 Å². The Bertz CT molecular complexity index is 717. The number of furan rings is 1. The summed E-state index contributed by atoms with van der Waals surface area (Å²) in [5.41, 5.74) is 2.40. The molecule has 3 aromatic rings. The lowest BCUT2D eigenvalue weighted by atomic mass is 10.2. The number of benzene rings is 2. The molecular weight excluding hydrogens is 286 g/mol. The molecule has 0 unspecified atom stereocenters. The van der Waals surface area contributed by atoms with Gasteiger partial charge in [-0.05, 0) is 42.3 Å². The van der Waals surface area contributed by atoms with E-state index in [4.69, 9.17) is 9.15 Å². The number of aryl methyl sites for hydroxylation is 1. The summed E-state index contributed by atoms with van der Waals surface area (Å²) in [6.45, 7) is 4.09. The van der Waals surface area contributed by atoms with Gasteiger partial charge in [0.05, 0.1) is 6.54 Å². The maximum atomic E-state index is 5.79. The van der Waals surface area contributed by atoms with Gasteiger partial charge in [-0.25, -0.2) is 0 Å². The van der Waals surface area contributed by atoms with Gasteiger partial charge in [-0.3, -0.25) is 0 Å². The van der Waals surface area contributed by atoms with E-state index in [1.165, 1.54) is 11.1 Å². The lowest BCUT2D eigenvalue weighted by Crippen LogP contribution is -2.12. The highest BCUT2D eigenvalue weighted by atomic mass is 16.5. The van der Waals surface area contributed by atoms with Gasteiger partial charge in [0.15, 0.2) is 0 Å². The molecule has 2 aromatic carbocycles. The van der Waals surface area contributed by atoms with E-state index < -0.39 is 0 Å². The maximum absolute atomic E-state index is 5.79. The van der Waals surface area contributed by atoms with E-state index in [2.05, 4.69) is 29.6 Å². The highest BCUT2D eigenvalue weighted by Crippen LogP contribution is 2.14. The predicted molar refractivity (Wildman–Crippen MR) is 91.2 cm³/mol. The Hall–Kier alpha value is -2.52. The molecule has 3 rings (SSSR count). The second kappa shape index (κ2) is 7.65. The third-order valence-corrected chi connectivity index (χ3v) is 3.60. The fraction of sp³-hybridized carbons (Fsp3) is 0.200. The first-order valence-corrected chi connectivity index (χ1v) is 7.81. The molecule has 0 amide bonds. The van der Waals surface area contributed by atoms with Crippen molar-refractivity contribution in [3.8, 4) is 5.75 Å². The van der Waals surface area contributed by atoms with Crippen molar-refractivity contribution in [3.63, 3.8) is 0 Å². The number of hydrogen-bond acceptors (Lipinski definition) is 3. The Morgan fingerprint density at radius 2 is 1.61 bits per heavy atom. The molecule has 0 aliphatic carbocycles. The van der Waals surface area contributed by atoms with Crippen molar-refractivity contribution in [2.24, 2.45) is 0 Å². The third kappa shape index (κ3) is 4.73. The van der Waals surface area contributed by atoms with Gasteiger partial charge in [-0.2, -0.15) is 0 Å². The molecular formula is C20H21NO2. The van der Waals surface area contributed by atoms with Crippen LogP contribution in [0.1, 0.15) is 22.6 Å². The molecule has 0 aliphatic rings. The first-order chi connectivity index (χ1) is 11.3. The Kier molecular flexibility index (Phi) is 5.12. The van der Waals surface area contributed by atoms with Gasteiger partial charge in [0, 0.05) is 6.54 Å². The summed E-state index contributed by atoms with van der Waals surface area (Å²) in [5.74, 6) is 2.80. The predicted octanol–water partition coefficient (Wildman–Crippen LogP) is 4.46. The molecule has 0 radical (unpaired) electrons. The van der Waals surface area contributed by atoms with Gasteiger partial charge in [-0.1, -0.05) is 42.5 Å². The summed E-state index contributed by atoms with van der Waals surface area (Å²) in [4.78, 5) is 0. The summed E-state index contributed by atoms with van der Waals surface area (Å²) in [6.07, 6.45) is 0. The van der Waals surface area contributed by atoms with Crippen LogP contribution in [0.5, 0.6) is 5.75 Å². The van der Waals surface area contributed by atoms with Crippen molar-refractivity contribution < 1.29 is 9.15 Å². The molecule has 1 N–H and O–H groups in total. The average molecular weight is 307 g/mol. The highest BCUT2D eigenvalue weighted by molar-refractivity contribution is 5.27. The van der Waals surface area contributed by atoms with Crippen LogP contribution in [0.15, 0.2) is 71.1 Å². The highest BCUT2D eigenvalue weighted by Gasteiger charge is 2.00. The molecule has 0 aliphatic heterocycles. The Labute approximate surface area is 136 Å². The van der Waals surface area contributed by atoms with Crippen LogP contribution in [0.4, 0.5) is 0 Å². The largest absolute Gasteiger partial charge is 0.489 e. The number of nitrogens with one attached hydrogen (secondary N) is 1. The normalized spacial score (nSPS) is 10.7. The third-order valence-electron chi connectivity index (χ3n) is 3.60. The summed E-state index contributed by atoms with van der Waals surface area (Å²) >= 11 is 0. The molecule has 0 fully saturated rings. The van der Waals surface area contributed by atoms with Gasteiger partial charge in [-0.15, -0.1) is 0 Å². The van der Waals surface area contributed by atoms with Crippen molar-refractivity contribution in [2.45, 2.75) is 26.6 Å². The molecule has 23 heavy (non-hydrogen) atoms. The van der Waals surface area contributed by atoms with Crippen LogP contribution in [0.2, 0.25) is 0 Å². The lowest BCUT2D eigenvalue weighted by molar-refractivity contribution is 0.306. The van der Waals surface area contributed by atoms with E-state index in [1.54, 1.807) is 0 Å². The summed E-state index contributed by atoms with van der Waals surface area (Å²) in [5, 5.41) is 3.37. The van der Waals surface area contributed by atoms with Crippen molar-refractivity contribution in [1.82, 2.24) is 5.32 Å². The number of ether oxygens (including phenoxy) is 1. The minimum Gasteiger partial charge on any atom is -0.489 e. The average Bonchev–Trinajstić information content (AvgIpc) is 3.00. The zero-order chi connectivity index (χ0) is 15.9. The van der Waals surface area contributed by atoms with Crippen LogP contribution in [0.3, 0.4) is 0 Å². The van der Waals surface area contributed by atoms with Gasteiger partial charge in [0.25, 0.3) is 0 Å². The van der Waals surface area contributed by atoms with Crippen molar-refractivity contribution >= 4 is 0 Å². The van der Waals surface area contributed by atoms with E-state index >= 15 is 0 Å². The molecule has 1 heterocycles. The molecule has 118 valence electrons. The fourth-order valence-electron chi connectivity index (χ4n) is 2.35. The smallest absolute Gasteiger partial charge is 0.119 e. The SMILES string of the molecule is Cc1ccc(CNCc2ccc(OCc3ccccc3)cc2)o1. The van der Waals surface area contributed by atoms with E-state index in [0.29, 0.717) is 6.61 Å². The summed E-state index contributed by atoms with van der Waals surface area (Å²) < 4.78 is 11.3. The molecule has 3 nitrogen and oxygen atoms in total. The molecule has 3 heteroatoms. The van der Waals surface area contributed by atoms with Crippen LogP contribution in [0.25, 0.3) is 0 Å². The monoisotopic (exact) mass is 307 g/mol. The van der Waals surface area contributed by atoms with Crippen LogP contribution in [-0.4, -0.2) is 0 Å². The topological polar surface area (TPSA) is 34.4 Å². The molecule has 0 saturated carbocycles. The molecule has 0 bridgehead atoms. The van der Waals surface area contributed by atoms with Gasteiger partial charge in [0.2, 0.25) is 0 Å². The zero-order valence-electron chi connectivity index (χ0n) is 13.3. The van der Waals surface area contributed by atoms with Gasteiger partial charge >= 0.3 is 0 Å². The Morgan fingerprint density at radius 1 is 0.826 bits per heavy atom.